The molecule has 0 radical (unpaired) electrons. The highest BCUT2D eigenvalue weighted by molar-refractivity contribution is 5.69. The largest absolute Gasteiger partial charge is 0.494 e. The molecular weight excluding hydrogens is 219 g/mol. The Bertz CT molecular complexity index is 555. The fourth-order valence-electron chi connectivity index (χ4n) is 1.59. The van der Waals surface area contributed by atoms with Gasteiger partial charge in [0.25, 0.3) is 0 Å². The third-order valence-electron chi connectivity index (χ3n) is 2.62. The van der Waals surface area contributed by atoms with Crippen molar-refractivity contribution in [1.82, 2.24) is 4.98 Å². The summed E-state index contributed by atoms with van der Waals surface area (Å²) in [6.45, 7) is 1.81. The van der Waals surface area contributed by atoms with Crippen molar-refractivity contribution in [2.75, 3.05) is 12.8 Å². The summed E-state index contributed by atoms with van der Waals surface area (Å²) in [4.78, 5) is 4.12. The number of benzene rings is 1. The second kappa shape index (κ2) is 4.41. The van der Waals surface area contributed by atoms with Crippen LogP contribution in [0.1, 0.15) is 5.69 Å². The van der Waals surface area contributed by atoms with Gasteiger partial charge in [0.1, 0.15) is 0 Å². The third-order valence-corrected chi connectivity index (χ3v) is 2.62. The molecule has 0 amide bonds. The Labute approximate surface area is 99.1 Å². The molecule has 0 fully saturated rings. The first kappa shape index (κ1) is 11.4. The van der Waals surface area contributed by atoms with Crippen LogP contribution < -0.4 is 10.5 Å². The number of nitrogens with two attached hydrogens (primary N) is 1. The lowest BCUT2D eigenvalue weighted by Gasteiger charge is -2.08. The summed E-state index contributed by atoms with van der Waals surface area (Å²) < 4.78 is 18.9. The first-order valence-electron chi connectivity index (χ1n) is 5.18. The van der Waals surface area contributed by atoms with E-state index >= 15 is 0 Å². The molecule has 0 aliphatic heterocycles. The van der Waals surface area contributed by atoms with E-state index in [9.17, 15) is 4.39 Å². The van der Waals surface area contributed by atoms with E-state index < -0.39 is 5.82 Å². The van der Waals surface area contributed by atoms with Crippen molar-refractivity contribution in [1.29, 1.82) is 0 Å². The lowest BCUT2D eigenvalue weighted by molar-refractivity contribution is 0.387. The molecule has 0 spiro atoms. The molecule has 0 bridgehead atoms. The van der Waals surface area contributed by atoms with E-state index in [0.29, 0.717) is 16.8 Å². The SMILES string of the molecule is COc1cccc(-c2cnc(C)c(N)c2)c1F. The average Bonchev–Trinajstić information content (AvgIpc) is 2.33. The minimum Gasteiger partial charge on any atom is -0.494 e. The number of ether oxygens (including phenoxy) is 1. The second-order valence-corrected chi connectivity index (χ2v) is 3.72. The Morgan fingerprint density at radius 3 is 2.76 bits per heavy atom. The molecule has 0 unspecified atom stereocenters. The lowest BCUT2D eigenvalue weighted by atomic mass is 10.1. The van der Waals surface area contributed by atoms with Crippen LogP contribution in [0.5, 0.6) is 5.75 Å². The van der Waals surface area contributed by atoms with Gasteiger partial charge in [0.15, 0.2) is 11.6 Å². The zero-order chi connectivity index (χ0) is 12.4. The molecule has 1 heterocycles. The Morgan fingerprint density at radius 2 is 2.12 bits per heavy atom. The van der Waals surface area contributed by atoms with E-state index in [1.165, 1.54) is 7.11 Å². The summed E-state index contributed by atoms with van der Waals surface area (Å²) >= 11 is 0. The summed E-state index contributed by atoms with van der Waals surface area (Å²) in [7, 11) is 1.43. The molecule has 1 aromatic carbocycles. The molecule has 3 nitrogen and oxygen atoms in total. The van der Waals surface area contributed by atoms with Crippen LogP contribution in [0.2, 0.25) is 0 Å². The monoisotopic (exact) mass is 232 g/mol. The topological polar surface area (TPSA) is 48.1 Å². The van der Waals surface area contributed by atoms with Gasteiger partial charge in [-0.3, -0.25) is 4.98 Å². The molecule has 2 aromatic rings. The molecule has 2 N–H and O–H groups in total. The van der Waals surface area contributed by atoms with Crippen LogP contribution in [0.15, 0.2) is 30.5 Å². The number of aromatic nitrogens is 1. The zero-order valence-corrected chi connectivity index (χ0v) is 9.70. The van der Waals surface area contributed by atoms with Gasteiger partial charge in [0.2, 0.25) is 0 Å². The molecule has 0 saturated heterocycles. The van der Waals surface area contributed by atoms with Gasteiger partial charge in [-0.05, 0) is 19.1 Å². The molecule has 0 aliphatic carbocycles. The Hall–Kier alpha value is -2.10. The summed E-state index contributed by atoms with van der Waals surface area (Å²) in [6.07, 6.45) is 1.60. The Kier molecular flexibility index (Phi) is 2.95. The van der Waals surface area contributed by atoms with E-state index in [-0.39, 0.29) is 5.75 Å². The van der Waals surface area contributed by atoms with E-state index in [4.69, 9.17) is 10.5 Å². The van der Waals surface area contributed by atoms with Crippen molar-refractivity contribution in [2.24, 2.45) is 0 Å². The fraction of sp³-hybridized carbons (Fsp3) is 0.154. The number of pyridine rings is 1. The molecular formula is C13H13FN2O. The average molecular weight is 232 g/mol. The number of anilines is 1. The predicted octanol–water partition coefficient (Wildman–Crippen LogP) is 2.79. The number of nitrogen functional groups attached to an aromatic ring is 1. The van der Waals surface area contributed by atoms with Gasteiger partial charge in [-0.25, -0.2) is 4.39 Å². The summed E-state index contributed by atoms with van der Waals surface area (Å²) in [5.74, 6) is -0.193. The predicted molar refractivity (Wildman–Crippen MR) is 65.3 cm³/mol. The molecule has 17 heavy (non-hydrogen) atoms. The van der Waals surface area contributed by atoms with Crippen molar-refractivity contribution in [3.05, 3.63) is 42.0 Å². The van der Waals surface area contributed by atoms with Crippen molar-refractivity contribution in [3.63, 3.8) is 0 Å². The lowest BCUT2D eigenvalue weighted by Crippen LogP contribution is -1.95. The van der Waals surface area contributed by atoms with Gasteiger partial charge >= 0.3 is 0 Å². The van der Waals surface area contributed by atoms with Crippen LogP contribution in [0.3, 0.4) is 0 Å². The van der Waals surface area contributed by atoms with Gasteiger partial charge in [0, 0.05) is 17.3 Å². The number of hydrogen-bond donors (Lipinski definition) is 1. The maximum Gasteiger partial charge on any atom is 0.172 e. The number of halogens is 1. The van der Waals surface area contributed by atoms with Crippen LogP contribution in [0.25, 0.3) is 11.1 Å². The van der Waals surface area contributed by atoms with E-state index in [2.05, 4.69) is 4.98 Å². The molecule has 4 heteroatoms. The normalized spacial score (nSPS) is 10.3. The minimum absolute atomic E-state index is 0.210. The highest BCUT2D eigenvalue weighted by atomic mass is 19.1. The van der Waals surface area contributed by atoms with Gasteiger partial charge in [-0.2, -0.15) is 0 Å². The summed E-state index contributed by atoms with van der Waals surface area (Å²) in [5, 5.41) is 0. The molecule has 0 aliphatic rings. The molecule has 2 rings (SSSR count). The standard InChI is InChI=1S/C13H13FN2O/c1-8-11(15)6-9(7-16-8)10-4-3-5-12(17-2)13(10)14/h3-7H,15H2,1-2H3. The molecule has 0 saturated carbocycles. The zero-order valence-electron chi connectivity index (χ0n) is 9.70. The van der Waals surface area contributed by atoms with Crippen molar-refractivity contribution in [2.45, 2.75) is 6.92 Å². The van der Waals surface area contributed by atoms with Crippen molar-refractivity contribution >= 4 is 5.69 Å². The van der Waals surface area contributed by atoms with E-state index in [1.807, 2.05) is 0 Å². The first-order chi connectivity index (χ1) is 8.13. The quantitative estimate of drug-likeness (QED) is 0.866. The van der Waals surface area contributed by atoms with Gasteiger partial charge < -0.3 is 10.5 Å². The molecule has 1 aromatic heterocycles. The molecule has 0 atom stereocenters. The number of hydrogen-bond acceptors (Lipinski definition) is 3. The van der Waals surface area contributed by atoms with Gasteiger partial charge in [-0.1, -0.05) is 12.1 Å². The van der Waals surface area contributed by atoms with Crippen LogP contribution in [0, 0.1) is 12.7 Å². The van der Waals surface area contributed by atoms with E-state index in [0.717, 1.165) is 5.69 Å². The Morgan fingerprint density at radius 1 is 1.35 bits per heavy atom. The maximum absolute atomic E-state index is 14.0. The first-order valence-corrected chi connectivity index (χ1v) is 5.18. The van der Waals surface area contributed by atoms with Crippen LogP contribution in [-0.2, 0) is 0 Å². The van der Waals surface area contributed by atoms with Crippen molar-refractivity contribution in [3.8, 4) is 16.9 Å². The second-order valence-electron chi connectivity index (χ2n) is 3.72. The minimum atomic E-state index is -0.403. The van der Waals surface area contributed by atoms with Crippen LogP contribution in [-0.4, -0.2) is 12.1 Å². The van der Waals surface area contributed by atoms with E-state index in [1.54, 1.807) is 37.4 Å². The fourth-order valence-corrected chi connectivity index (χ4v) is 1.59. The highest BCUT2D eigenvalue weighted by Crippen LogP contribution is 2.29. The van der Waals surface area contributed by atoms with Crippen molar-refractivity contribution < 1.29 is 9.13 Å². The third kappa shape index (κ3) is 2.06. The maximum atomic E-state index is 14.0. The van der Waals surface area contributed by atoms with Gasteiger partial charge in [-0.15, -0.1) is 0 Å². The van der Waals surface area contributed by atoms with Crippen LogP contribution >= 0.6 is 0 Å². The number of rotatable bonds is 2. The molecule has 88 valence electrons. The Balaban J connectivity index is 2.56. The number of aryl methyl sites for hydroxylation is 1. The smallest absolute Gasteiger partial charge is 0.172 e. The summed E-state index contributed by atoms with van der Waals surface area (Å²) in [5.41, 5.74) is 8.12. The number of nitrogens with zero attached hydrogens (tertiary/aromatic N) is 1. The van der Waals surface area contributed by atoms with Gasteiger partial charge in [0.05, 0.1) is 18.5 Å². The number of methoxy groups -OCH3 is 1. The highest BCUT2D eigenvalue weighted by Gasteiger charge is 2.11. The summed E-state index contributed by atoms with van der Waals surface area (Å²) in [6, 6.07) is 6.68. The van der Waals surface area contributed by atoms with Crippen LogP contribution in [0.4, 0.5) is 10.1 Å².